The van der Waals surface area contributed by atoms with Gasteiger partial charge in [-0.05, 0) is 30.9 Å². The van der Waals surface area contributed by atoms with Gasteiger partial charge in [-0.15, -0.1) is 0 Å². The van der Waals surface area contributed by atoms with Crippen LogP contribution in [0.3, 0.4) is 0 Å². The molecule has 0 aliphatic heterocycles. The summed E-state index contributed by atoms with van der Waals surface area (Å²) < 4.78 is 5.46. The third-order valence-electron chi connectivity index (χ3n) is 3.96. The summed E-state index contributed by atoms with van der Waals surface area (Å²) in [6, 6.07) is 3.89. The fourth-order valence-corrected chi connectivity index (χ4v) is 2.93. The lowest BCUT2D eigenvalue weighted by molar-refractivity contribution is 0.0931. The number of amides is 1. The van der Waals surface area contributed by atoms with Crippen molar-refractivity contribution in [1.82, 2.24) is 10.3 Å². The average molecular weight is 272 g/mol. The van der Waals surface area contributed by atoms with Gasteiger partial charge in [0, 0.05) is 23.9 Å². The van der Waals surface area contributed by atoms with E-state index in [9.17, 15) is 4.79 Å². The molecule has 106 valence electrons. The fourth-order valence-electron chi connectivity index (χ4n) is 2.93. The van der Waals surface area contributed by atoms with E-state index in [-0.39, 0.29) is 11.9 Å². The van der Waals surface area contributed by atoms with Crippen LogP contribution < -0.4 is 5.32 Å². The lowest BCUT2D eigenvalue weighted by atomic mass is 9.93. The molecule has 3 rings (SSSR count). The zero-order valence-electron chi connectivity index (χ0n) is 11.9. The number of hydrogen-bond donors (Lipinski definition) is 2. The smallest absolute Gasteiger partial charge is 0.253 e. The third-order valence-corrected chi connectivity index (χ3v) is 3.96. The molecule has 0 fully saturated rings. The predicted molar refractivity (Wildman–Crippen MR) is 76.7 cm³/mol. The molecule has 0 radical (unpaired) electrons. The molecule has 0 aromatic carbocycles. The molecule has 1 aliphatic rings. The molecule has 0 saturated carbocycles. The van der Waals surface area contributed by atoms with Gasteiger partial charge in [0.05, 0.1) is 17.9 Å². The van der Waals surface area contributed by atoms with E-state index in [0.29, 0.717) is 5.92 Å². The number of hydrogen-bond acceptors (Lipinski definition) is 2. The number of carbonyl (C=O) groups is 1. The maximum atomic E-state index is 12.5. The molecule has 4 nitrogen and oxygen atoms in total. The molecular formula is C16H20N2O2. The number of aromatic amines is 1. The van der Waals surface area contributed by atoms with Crippen LogP contribution in [0.2, 0.25) is 0 Å². The number of H-pyrrole nitrogens is 1. The first kappa shape index (κ1) is 13.0. The summed E-state index contributed by atoms with van der Waals surface area (Å²) in [5.74, 6) is 1.32. The van der Waals surface area contributed by atoms with Crippen molar-refractivity contribution in [2.45, 2.75) is 45.1 Å². The van der Waals surface area contributed by atoms with Crippen LogP contribution in [0.5, 0.6) is 0 Å². The van der Waals surface area contributed by atoms with Crippen molar-refractivity contribution in [3.05, 3.63) is 47.2 Å². The molecule has 1 aliphatic carbocycles. The summed E-state index contributed by atoms with van der Waals surface area (Å²) >= 11 is 0. The minimum atomic E-state index is -0.00556. The standard InChI is InChI=1S/C16H20N2O2/c1-10(2)15-12(6-8-17-15)16(19)18-13-4-3-5-14-11(13)7-9-20-14/h6-10,13,17H,3-5H2,1-2H3,(H,18,19). The number of aromatic nitrogens is 1. The largest absolute Gasteiger partial charge is 0.469 e. The Balaban J connectivity index is 1.79. The second-order valence-corrected chi connectivity index (χ2v) is 5.68. The van der Waals surface area contributed by atoms with Crippen LogP contribution in [0.25, 0.3) is 0 Å². The summed E-state index contributed by atoms with van der Waals surface area (Å²) in [5.41, 5.74) is 2.87. The Morgan fingerprint density at radius 2 is 2.30 bits per heavy atom. The number of aryl methyl sites for hydroxylation is 1. The Morgan fingerprint density at radius 1 is 1.45 bits per heavy atom. The first-order valence-corrected chi connectivity index (χ1v) is 7.21. The van der Waals surface area contributed by atoms with E-state index in [1.165, 1.54) is 0 Å². The first-order chi connectivity index (χ1) is 9.66. The van der Waals surface area contributed by atoms with Crippen molar-refractivity contribution in [1.29, 1.82) is 0 Å². The molecule has 4 heteroatoms. The minimum absolute atomic E-state index is 0.00556. The molecule has 2 aromatic rings. The van der Waals surface area contributed by atoms with E-state index < -0.39 is 0 Å². The Kier molecular flexibility index (Phi) is 3.38. The van der Waals surface area contributed by atoms with Gasteiger partial charge < -0.3 is 14.7 Å². The van der Waals surface area contributed by atoms with Gasteiger partial charge >= 0.3 is 0 Å². The Bertz CT molecular complexity index is 610. The molecule has 2 heterocycles. The molecule has 2 aromatic heterocycles. The van der Waals surface area contributed by atoms with Crippen LogP contribution in [0.4, 0.5) is 0 Å². The quantitative estimate of drug-likeness (QED) is 0.897. The third kappa shape index (κ3) is 2.26. The molecule has 0 saturated heterocycles. The van der Waals surface area contributed by atoms with Crippen LogP contribution in [-0.4, -0.2) is 10.9 Å². The Labute approximate surface area is 118 Å². The lowest BCUT2D eigenvalue weighted by Gasteiger charge is -2.23. The highest BCUT2D eigenvalue weighted by atomic mass is 16.3. The topological polar surface area (TPSA) is 58.0 Å². The second kappa shape index (κ2) is 5.19. The van der Waals surface area contributed by atoms with Crippen LogP contribution in [0.1, 0.15) is 66.0 Å². The van der Waals surface area contributed by atoms with Gasteiger partial charge in [-0.25, -0.2) is 0 Å². The summed E-state index contributed by atoms with van der Waals surface area (Å²) in [7, 11) is 0. The Hall–Kier alpha value is -1.97. The van der Waals surface area contributed by atoms with Gasteiger partial charge in [0.15, 0.2) is 0 Å². The van der Waals surface area contributed by atoms with Gasteiger partial charge in [0.25, 0.3) is 5.91 Å². The van der Waals surface area contributed by atoms with Crippen molar-refractivity contribution in [2.24, 2.45) is 0 Å². The molecular weight excluding hydrogens is 252 g/mol. The van der Waals surface area contributed by atoms with Crippen LogP contribution in [0.15, 0.2) is 29.0 Å². The normalized spacial score (nSPS) is 18.1. The number of furan rings is 1. The SMILES string of the molecule is CC(C)c1[nH]ccc1C(=O)NC1CCCc2occc21. The second-order valence-electron chi connectivity index (χ2n) is 5.68. The number of rotatable bonds is 3. The van der Waals surface area contributed by atoms with E-state index in [2.05, 4.69) is 24.1 Å². The molecule has 1 unspecified atom stereocenters. The van der Waals surface area contributed by atoms with Crippen molar-refractivity contribution in [3.63, 3.8) is 0 Å². The number of carbonyl (C=O) groups excluding carboxylic acids is 1. The van der Waals surface area contributed by atoms with Gasteiger partial charge in [0.1, 0.15) is 5.76 Å². The molecule has 1 atom stereocenters. The van der Waals surface area contributed by atoms with Crippen molar-refractivity contribution >= 4 is 5.91 Å². The Morgan fingerprint density at radius 3 is 3.10 bits per heavy atom. The van der Waals surface area contributed by atoms with Crippen molar-refractivity contribution < 1.29 is 9.21 Å². The highest BCUT2D eigenvalue weighted by Crippen LogP contribution is 2.31. The van der Waals surface area contributed by atoms with E-state index in [4.69, 9.17) is 4.42 Å². The summed E-state index contributed by atoms with van der Waals surface area (Å²) in [4.78, 5) is 15.6. The number of fused-ring (bicyclic) bond motifs is 1. The van der Waals surface area contributed by atoms with E-state index >= 15 is 0 Å². The van der Waals surface area contributed by atoms with E-state index in [1.807, 2.05) is 18.3 Å². The lowest BCUT2D eigenvalue weighted by Crippen LogP contribution is -2.30. The van der Waals surface area contributed by atoms with Crippen molar-refractivity contribution in [2.75, 3.05) is 0 Å². The first-order valence-electron chi connectivity index (χ1n) is 7.21. The highest BCUT2D eigenvalue weighted by Gasteiger charge is 2.25. The zero-order valence-corrected chi connectivity index (χ0v) is 11.9. The molecule has 1 amide bonds. The maximum absolute atomic E-state index is 12.5. The summed E-state index contributed by atoms with van der Waals surface area (Å²) in [6.07, 6.45) is 6.53. The summed E-state index contributed by atoms with van der Waals surface area (Å²) in [6.45, 7) is 4.16. The van der Waals surface area contributed by atoms with Gasteiger partial charge in [-0.1, -0.05) is 13.8 Å². The summed E-state index contributed by atoms with van der Waals surface area (Å²) in [5, 5.41) is 3.14. The molecule has 20 heavy (non-hydrogen) atoms. The highest BCUT2D eigenvalue weighted by molar-refractivity contribution is 5.95. The van der Waals surface area contributed by atoms with Gasteiger partial charge in [-0.2, -0.15) is 0 Å². The average Bonchev–Trinajstić information content (AvgIpc) is 3.08. The molecule has 0 bridgehead atoms. The van der Waals surface area contributed by atoms with E-state index in [0.717, 1.165) is 41.8 Å². The molecule has 2 N–H and O–H groups in total. The van der Waals surface area contributed by atoms with Crippen LogP contribution in [0, 0.1) is 0 Å². The maximum Gasteiger partial charge on any atom is 0.253 e. The zero-order chi connectivity index (χ0) is 14.1. The monoisotopic (exact) mass is 272 g/mol. The minimum Gasteiger partial charge on any atom is -0.469 e. The van der Waals surface area contributed by atoms with Crippen molar-refractivity contribution in [3.8, 4) is 0 Å². The van der Waals surface area contributed by atoms with Gasteiger partial charge in [0.2, 0.25) is 0 Å². The fraction of sp³-hybridized carbons (Fsp3) is 0.438. The van der Waals surface area contributed by atoms with Gasteiger partial charge in [-0.3, -0.25) is 4.79 Å². The van der Waals surface area contributed by atoms with E-state index in [1.54, 1.807) is 6.26 Å². The molecule has 0 spiro atoms. The predicted octanol–water partition coefficient (Wildman–Crippen LogP) is 3.54. The van der Waals surface area contributed by atoms with Crippen LogP contribution >= 0.6 is 0 Å². The van der Waals surface area contributed by atoms with Crippen LogP contribution in [-0.2, 0) is 6.42 Å². The number of nitrogens with one attached hydrogen (secondary N) is 2.